The topological polar surface area (TPSA) is 66.6 Å². The van der Waals surface area contributed by atoms with Crippen molar-refractivity contribution in [1.29, 1.82) is 0 Å². The lowest BCUT2D eigenvalue weighted by atomic mass is 9.74. The van der Waals surface area contributed by atoms with Crippen molar-refractivity contribution >= 4 is 11.8 Å². The highest BCUT2D eigenvalue weighted by atomic mass is 16.2. The lowest BCUT2D eigenvalue weighted by Crippen LogP contribution is -2.58. The highest BCUT2D eigenvalue weighted by molar-refractivity contribution is 5.88. The first-order valence-corrected chi connectivity index (χ1v) is 7.86. The standard InChI is InChI=1S/C15H25N3O2/c1-15(16)7-3-2-4-12(15)14(20)17-8-9-18(11-5-6-11)13(19)10-17/h11-12H,2-10,16H2,1H3. The number of amides is 2. The van der Waals surface area contributed by atoms with Gasteiger partial charge in [0.2, 0.25) is 11.8 Å². The van der Waals surface area contributed by atoms with Crippen molar-refractivity contribution in [3.63, 3.8) is 0 Å². The van der Waals surface area contributed by atoms with Crippen LogP contribution in [0.25, 0.3) is 0 Å². The fourth-order valence-corrected chi connectivity index (χ4v) is 3.63. The number of piperazine rings is 1. The Bertz CT molecular complexity index is 417. The molecule has 2 aliphatic carbocycles. The van der Waals surface area contributed by atoms with Crippen LogP contribution >= 0.6 is 0 Å². The van der Waals surface area contributed by atoms with E-state index in [4.69, 9.17) is 5.73 Å². The number of hydrogen-bond acceptors (Lipinski definition) is 3. The first kappa shape index (κ1) is 13.9. The summed E-state index contributed by atoms with van der Waals surface area (Å²) < 4.78 is 0. The van der Waals surface area contributed by atoms with Gasteiger partial charge in [-0.25, -0.2) is 0 Å². The largest absolute Gasteiger partial charge is 0.336 e. The van der Waals surface area contributed by atoms with Crippen molar-refractivity contribution in [2.24, 2.45) is 11.7 Å². The van der Waals surface area contributed by atoms with E-state index in [9.17, 15) is 9.59 Å². The minimum Gasteiger partial charge on any atom is -0.336 e. The molecule has 20 heavy (non-hydrogen) atoms. The van der Waals surface area contributed by atoms with Crippen LogP contribution < -0.4 is 5.73 Å². The molecule has 1 aliphatic heterocycles. The average Bonchev–Trinajstić information content (AvgIpc) is 3.21. The number of nitrogens with zero attached hydrogens (tertiary/aromatic N) is 2. The molecule has 0 aromatic carbocycles. The van der Waals surface area contributed by atoms with Crippen molar-refractivity contribution in [2.75, 3.05) is 19.6 Å². The molecule has 2 saturated carbocycles. The van der Waals surface area contributed by atoms with Crippen LogP contribution in [0.3, 0.4) is 0 Å². The van der Waals surface area contributed by atoms with Gasteiger partial charge in [-0.05, 0) is 32.6 Å². The van der Waals surface area contributed by atoms with Gasteiger partial charge in [-0.15, -0.1) is 0 Å². The summed E-state index contributed by atoms with van der Waals surface area (Å²) in [5.41, 5.74) is 5.90. The summed E-state index contributed by atoms with van der Waals surface area (Å²) in [5, 5.41) is 0. The van der Waals surface area contributed by atoms with E-state index in [1.807, 2.05) is 11.8 Å². The highest BCUT2D eigenvalue weighted by Crippen LogP contribution is 2.34. The van der Waals surface area contributed by atoms with Crippen molar-refractivity contribution in [3.8, 4) is 0 Å². The van der Waals surface area contributed by atoms with Crippen LogP contribution in [0.1, 0.15) is 45.4 Å². The zero-order chi connectivity index (χ0) is 14.3. The third kappa shape index (κ3) is 2.55. The van der Waals surface area contributed by atoms with Gasteiger partial charge in [0.15, 0.2) is 0 Å². The zero-order valence-corrected chi connectivity index (χ0v) is 12.3. The third-order valence-electron chi connectivity index (χ3n) is 5.11. The lowest BCUT2D eigenvalue weighted by molar-refractivity contribution is -0.150. The van der Waals surface area contributed by atoms with Crippen LogP contribution in [0.15, 0.2) is 0 Å². The van der Waals surface area contributed by atoms with E-state index >= 15 is 0 Å². The summed E-state index contributed by atoms with van der Waals surface area (Å²) in [5.74, 6) is 0.0941. The second-order valence-electron chi connectivity index (χ2n) is 6.88. The van der Waals surface area contributed by atoms with E-state index in [1.165, 1.54) is 0 Å². The summed E-state index contributed by atoms with van der Waals surface area (Å²) in [6.45, 7) is 3.61. The number of rotatable bonds is 2. The van der Waals surface area contributed by atoms with Crippen molar-refractivity contribution in [3.05, 3.63) is 0 Å². The summed E-state index contributed by atoms with van der Waals surface area (Å²) in [6.07, 6.45) is 6.19. The van der Waals surface area contributed by atoms with E-state index in [0.29, 0.717) is 19.1 Å². The van der Waals surface area contributed by atoms with Crippen LogP contribution in [0.2, 0.25) is 0 Å². The van der Waals surface area contributed by atoms with Gasteiger partial charge in [0, 0.05) is 24.7 Å². The molecule has 0 aromatic rings. The Morgan fingerprint density at radius 3 is 2.60 bits per heavy atom. The molecule has 2 amide bonds. The molecular weight excluding hydrogens is 254 g/mol. The van der Waals surface area contributed by atoms with Gasteiger partial charge < -0.3 is 15.5 Å². The molecule has 0 radical (unpaired) electrons. The van der Waals surface area contributed by atoms with Crippen LogP contribution in [-0.4, -0.2) is 52.8 Å². The molecule has 5 nitrogen and oxygen atoms in total. The molecule has 0 aromatic heterocycles. The van der Waals surface area contributed by atoms with E-state index < -0.39 is 5.54 Å². The van der Waals surface area contributed by atoms with Gasteiger partial charge in [0.25, 0.3) is 0 Å². The number of hydrogen-bond donors (Lipinski definition) is 1. The molecular formula is C15H25N3O2. The number of nitrogens with two attached hydrogens (primary N) is 1. The first-order chi connectivity index (χ1) is 9.49. The first-order valence-electron chi connectivity index (χ1n) is 7.86. The molecule has 112 valence electrons. The molecule has 0 bridgehead atoms. The quantitative estimate of drug-likeness (QED) is 0.810. The SMILES string of the molecule is CC1(N)CCCCC1C(=O)N1CCN(C2CC2)C(=O)C1. The smallest absolute Gasteiger partial charge is 0.242 e. The Balaban J connectivity index is 1.64. The lowest BCUT2D eigenvalue weighted by Gasteiger charge is -2.42. The Kier molecular flexibility index (Phi) is 3.48. The molecule has 2 atom stereocenters. The maximum atomic E-state index is 12.7. The monoisotopic (exact) mass is 279 g/mol. The Morgan fingerprint density at radius 2 is 2.00 bits per heavy atom. The van der Waals surface area contributed by atoms with Crippen LogP contribution in [0, 0.1) is 5.92 Å². The number of carbonyl (C=O) groups excluding carboxylic acids is 2. The van der Waals surface area contributed by atoms with E-state index in [-0.39, 0.29) is 24.3 Å². The van der Waals surface area contributed by atoms with Crippen LogP contribution in [0.5, 0.6) is 0 Å². The van der Waals surface area contributed by atoms with Crippen molar-refractivity contribution in [1.82, 2.24) is 9.80 Å². The maximum absolute atomic E-state index is 12.7. The molecule has 1 heterocycles. The molecule has 2 unspecified atom stereocenters. The van der Waals surface area contributed by atoms with Crippen molar-refractivity contribution in [2.45, 2.75) is 57.0 Å². The molecule has 3 rings (SSSR count). The van der Waals surface area contributed by atoms with Gasteiger partial charge in [0.1, 0.15) is 0 Å². The molecule has 2 N–H and O–H groups in total. The molecule has 1 saturated heterocycles. The van der Waals surface area contributed by atoms with Crippen LogP contribution in [0.4, 0.5) is 0 Å². The van der Waals surface area contributed by atoms with Gasteiger partial charge in [-0.2, -0.15) is 0 Å². The zero-order valence-electron chi connectivity index (χ0n) is 12.3. The second kappa shape index (κ2) is 5.02. The maximum Gasteiger partial charge on any atom is 0.242 e. The Morgan fingerprint density at radius 1 is 1.25 bits per heavy atom. The van der Waals surface area contributed by atoms with Crippen molar-refractivity contribution < 1.29 is 9.59 Å². The molecule has 0 spiro atoms. The minimum absolute atomic E-state index is 0.0958. The normalized spacial score (nSPS) is 35.3. The fourth-order valence-electron chi connectivity index (χ4n) is 3.63. The summed E-state index contributed by atoms with van der Waals surface area (Å²) in [6, 6.07) is 0.453. The molecule has 3 fully saturated rings. The molecule has 3 aliphatic rings. The van der Waals surface area contributed by atoms with E-state index in [2.05, 4.69) is 0 Å². The third-order valence-corrected chi connectivity index (χ3v) is 5.11. The Labute approximate surface area is 120 Å². The van der Waals surface area contributed by atoms with Crippen LogP contribution in [-0.2, 0) is 9.59 Å². The molecule has 5 heteroatoms. The summed E-state index contributed by atoms with van der Waals surface area (Å²) >= 11 is 0. The Hall–Kier alpha value is -1.10. The van der Waals surface area contributed by atoms with E-state index in [0.717, 1.165) is 38.5 Å². The second-order valence-corrected chi connectivity index (χ2v) is 6.88. The number of carbonyl (C=O) groups is 2. The van der Waals surface area contributed by atoms with Gasteiger partial charge in [-0.1, -0.05) is 12.8 Å². The predicted octanol–water partition coefficient (Wildman–Crippen LogP) is 0.727. The highest BCUT2D eigenvalue weighted by Gasteiger charge is 2.42. The summed E-state index contributed by atoms with van der Waals surface area (Å²) in [4.78, 5) is 28.5. The average molecular weight is 279 g/mol. The van der Waals surface area contributed by atoms with E-state index in [1.54, 1.807) is 4.90 Å². The predicted molar refractivity (Wildman–Crippen MR) is 75.9 cm³/mol. The van der Waals surface area contributed by atoms with Gasteiger partial charge in [0.05, 0.1) is 12.5 Å². The fraction of sp³-hybridized carbons (Fsp3) is 0.867. The van der Waals surface area contributed by atoms with Gasteiger partial charge >= 0.3 is 0 Å². The van der Waals surface area contributed by atoms with Gasteiger partial charge in [-0.3, -0.25) is 9.59 Å². The summed E-state index contributed by atoms with van der Waals surface area (Å²) in [7, 11) is 0. The minimum atomic E-state index is -0.411.